The standard InChI is InChI=1S/C20H42N3O10P3/c1-18(2)3-12-34(28,29)15-21-6-8-22(16-35(30,31)13-4-19(24)25)10-11-23(9-7-21)17-36(32,33)14-5-20(26)27/h18H,3-17H2,1-2H3,(H,24,25)(H,26,27)(H,28,29)(H,30,31)(H,32,33). The lowest BCUT2D eigenvalue weighted by Gasteiger charge is -2.28. The van der Waals surface area contributed by atoms with Gasteiger partial charge in [-0.1, -0.05) is 13.8 Å². The Bertz CT molecular complexity index is 820. The van der Waals surface area contributed by atoms with E-state index >= 15 is 0 Å². The third kappa shape index (κ3) is 15.6. The number of hydrogen-bond donors (Lipinski definition) is 5. The van der Waals surface area contributed by atoms with Crippen LogP contribution in [0.1, 0.15) is 33.1 Å². The molecular formula is C20H42N3O10P3. The maximum atomic E-state index is 12.8. The van der Waals surface area contributed by atoms with Crippen LogP contribution in [0.4, 0.5) is 0 Å². The second kappa shape index (κ2) is 15.1. The summed E-state index contributed by atoms with van der Waals surface area (Å²) in [6.45, 7) is 5.69. The van der Waals surface area contributed by atoms with Gasteiger partial charge in [-0.3, -0.25) is 38.0 Å². The largest absolute Gasteiger partial charge is 0.481 e. The van der Waals surface area contributed by atoms with Gasteiger partial charge in [0.2, 0.25) is 22.1 Å². The van der Waals surface area contributed by atoms with Crippen LogP contribution in [0.15, 0.2) is 0 Å². The van der Waals surface area contributed by atoms with Crippen molar-refractivity contribution in [1.82, 2.24) is 14.7 Å². The molecule has 0 bridgehead atoms. The SMILES string of the molecule is CC(C)CCP(=O)(O)CN1CCN(CP(=O)(O)CCC(=O)O)CCN(CP(=O)(O)CCC(=O)O)CC1. The fourth-order valence-electron chi connectivity index (χ4n) is 3.76. The van der Waals surface area contributed by atoms with Crippen molar-refractivity contribution in [2.24, 2.45) is 5.92 Å². The lowest BCUT2D eigenvalue weighted by molar-refractivity contribution is -0.137. The lowest BCUT2D eigenvalue weighted by Crippen LogP contribution is -2.37. The van der Waals surface area contributed by atoms with Crippen LogP contribution in [0.5, 0.6) is 0 Å². The summed E-state index contributed by atoms with van der Waals surface area (Å²) in [5.74, 6) is -2.08. The number of nitrogens with zero attached hydrogens (tertiary/aromatic N) is 3. The number of hydrogen-bond acceptors (Lipinski definition) is 8. The zero-order valence-corrected chi connectivity index (χ0v) is 23.8. The van der Waals surface area contributed by atoms with Gasteiger partial charge in [0.05, 0.1) is 31.7 Å². The van der Waals surface area contributed by atoms with Crippen LogP contribution in [0.3, 0.4) is 0 Å². The average Bonchev–Trinajstić information content (AvgIpc) is 2.81. The number of carbonyl (C=O) groups is 2. The summed E-state index contributed by atoms with van der Waals surface area (Å²) in [7, 11) is -11.1. The summed E-state index contributed by atoms with van der Waals surface area (Å²) >= 11 is 0. The van der Waals surface area contributed by atoms with Crippen molar-refractivity contribution in [3.05, 3.63) is 0 Å². The van der Waals surface area contributed by atoms with Gasteiger partial charge >= 0.3 is 11.9 Å². The van der Waals surface area contributed by atoms with E-state index in [1.54, 1.807) is 14.7 Å². The van der Waals surface area contributed by atoms with Gasteiger partial charge < -0.3 is 24.9 Å². The maximum absolute atomic E-state index is 12.8. The van der Waals surface area contributed by atoms with Crippen LogP contribution < -0.4 is 0 Å². The third-order valence-corrected chi connectivity index (χ3v) is 11.2. The lowest BCUT2D eigenvalue weighted by atomic mass is 10.2. The normalized spacial score (nSPS) is 22.1. The molecule has 0 aliphatic carbocycles. The summed E-state index contributed by atoms with van der Waals surface area (Å²) in [5, 5.41) is 17.7. The van der Waals surface area contributed by atoms with Crippen LogP contribution >= 0.6 is 22.1 Å². The van der Waals surface area contributed by atoms with E-state index in [1.807, 2.05) is 13.8 Å². The summed E-state index contributed by atoms with van der Waals surface area (Å²) in [6, 6.07) is 0. The highest BCUT2D eigenvalue weighted by Gasteiger charge is 2.30. The Morgan fingerprint density at radius 2 is 0.917 bits per heavy atom. The van der Waals surface area contributed by atoms with Crippen LogP contribution in [0, 0.1) is 5.92 Å². The maximum Gasteiger partial charge on any atom is 0.303 e. The van der Waals surface area contributed by atoms with E-state index in [1.165, 1.54) is 0 Å². The third-order valence-electron chi connectivity index (χ3n) is 5.87. The Kier molecular flexibility index (Phi) is 14.0. The quantitative estimate of drug-likeness (QED) is 0.176. The van der Waals surface area contributed by atoms with Crippen LogP contribution in [-0.4, -0.2) is 128 Å². The molecule has 0 aromatic carbocycles. The first-order chi connectivity index (χ1) is 16.5. The summed E-state index contributed by atoms with van der Waals surface area (Å²) in [6.07, 6.45) is -1.49. The molecule has 13 nitrogen and oxygen atoms in total. The summed E-state index contributed by atoms with van der Waals surface area (Å²) in [5.41, 5.74) is 0. The molecule has 36 heavy (non-hydrogen) atoms. The van der Waals surface area contributed by atoms with Gasteiger partial charge in [0.25, 0.3) is 0 Å². The Labute approximate surface area is 212 Å². The van der Waals surface area contributed by atoms with Gasteiger partial charge in [-0.25, -0.2) is 0 Å². The fraction of sp³-hybridized carbons (Fsp3) is 0.900. The summed E-state index contributed by atoms with van der Waals surface area (Å²) < 4.78 is 38.0. The number of rotatable bonds is 15. The first-order valence-electron chi connectivity index (χ1n) is 12.0. The van der Waals surface area contributed by atoms with Gasteiger partial charge in [-0.2, -0.15) is 0 Å². The molecule has 16 heteroatoms. The smallest absolute Gasteiger partial charge is 0.303 e. The Morgan fingerprint density at radius 3 is 1.17 bits per heavy atom. The fourth-order valence-corrected chi connectivity index (χ4v) is 8.91. The van der Waals surface area contributed by atoms with Crippen molar-refractivity contribution in [2.45, 2.75) is 33.1 Å². The van der Waals surface area contributed by atoms with Gasteiger partial charge in [0.1, 0.15) is 0 Å². The van der Waals surface area contributed by atoms with Crippen molar-refractivity contribution in [1.29, 1.82) is 0 Å². The van der Waals surface area contributed by atoms with Crippen LogP contribution in [0.25, 0.3) is 0 Å². The van der Waals surface area contributed by atoms with Gasteiger partial charge in [-0.05, 0) is 12.3 Å². The van der Waals surface area contributed by atoms with Crippen LogP contribution in [0.2, 0.25) is 0 Å². The van der Waals surface area contributed by atoms with Crippen LogP contribution in [-0.2, 0) is 23.3 Å². The molecular weight excluding hydrogens is 535 g/mol. The number of aliphatic carboxylic acids is 2. The summed E-state index contributed by atoms with van der Waals surface area (Å²) in [4.78, 5) is 57.9. The van der Waals surface area contributed by atoms with E-state index in [0.717, 1.165) is 0 Å². The molecule has 1 saturated heterocycles. The zero-order chi connectivity index (χ0) is 27.6. The minimum Gasteiger partial charge on any atom is -0.481 e. The monoisotopic (exact) mass is 577 g/mol. The molecule has 0 aromatic heterocycles. The molecule has 3 atom stereocenters. The molecule has 1 rings (SSSR count). The Morgan fingerprint density at radius 1 is 0.639 bits per heavy atom. The molecule has 3 unspecified atom stereocenters. The van der Waals surface area contributed by atoms with E-state index in [9.17, 15) is 38.0 Å². The molecule has 0 saturated carbocycles. The molecule has 1 heterocycles. The van der Waals surface area contributed by atoms with E-state index in [-0.39, 0.29) is 56.4 Å². The molecule has 1 aliphatic heterocycles. The molecule has 0 amide bonds. The molecule has 212 valence electrons. The van der Waals surface area contributed by atoms with Crippen molar-refractivity contribution >= 4 is 34.0 Å². The van der Waals surface area contributed by atoms with Crippen molar-refractivity contribution in [3.63, 3.8) is 0 Å². The predicted octanol–water partition coefficient (Wildman–Crippen LogP) is 1.59. The molecule has 0 spiro atoms. The van der Waals surface area contributed by atoms with E-state index < -0.39 is 46.9 Å². The van der Waals surface area contributed by atoms with Crippen molar-refractivity contribution in [3.8, 4) is 0 Å². The van der Waals surface area contributed by atoms with Gasteiger partial charge in [0.15, 0.2) is 0 Å². The zero-order valence-electron chi connectivity index (χ0n) is 21.1. The van der Waals surface area contributed by atoms with E-state index in [4.69, 9.17) is 10.2 Å². The topological polar surface area (TPSA) is 196 Å². The van der Waals surface area contributed by atoms with Crippen molar-refractivity contribution in [2.75, 3.05) is 76.6 Å². The minimum absolute atomic E-state index is 0.0764. The highest BCUT2D eigenvalue weighted by molar-refractivity contribution is 7.58. The second-order valence-corrected chi connectivity index (χ2v) is 17.2. The van der Waals surface area contributed by atoms with Crippen molar-refractivity contribution < 1.29 is 48.2 Å². The Balaban J connectivity index is 2.99. The molecule has 5 N–H and O–H groups in total. The first kappa shape index (κ1) is 33.4. The minimum atomic E-state index is -3.79. The number of carboxylic acids is 2. The molecule has 0 aromatic rings. The van der Waals surface area contributed by atoms with Gasteiger partial charge in [0, 0.05) is 57.8 Å². The highest BCUT2D eigenvalue weighted by atomic mass is 31.2. The molecule has 1 aliphatic rings. The number of carboxylic acid groups (broad SMARTS) is 2. The van der Waals surface area contributed by atoms with E-state index in [2.05, 4.69) is 0 Å². The molecule has 1 fully saturated rings. The average molecular weight is 577 g/mol. The van der Waals surface area contributed by atoms with Gasteiger partial charge in [-0.15, -0.1) is 0 Å². The van der Waals surface area contributed by atoms with E-state index in [0.29, 0.717) is 32.6 Å². The first-order valence-corrected chi connectivity index (χ1v) is 18.1. The predicted molar refractivity (Wildman–Crippen MR) is 137 cm³/mol. The highest BCUT2D eigenvalue weighted by Crippen LogP contribution is 2.44. The molecule has 0 radical (unpaired) electrons. The second-order valence-electron chi connectivity index (χ2n) is 9.96. The Hall–Kier alpha value is -0.610.